The van der Waals surface area contributed by atoms with Gasteiger partial charge in [0.05, 0.1) is 15.3 Å². The highest BCUT2D eigenvalue weighted by Gasteiger charge is 2.46. The Morgan fingerprint density at radius 1 is 1.52 bits per heavy atom. The summed E-state index contributed by atoms with van der Waals surface area (Å²) in [4.78, 5) is 11.2. The van der Waals surface area contributed by atoms with Crippen molar-refractivity contribution in [3.63, 3.8) is 0 Å². The molecule has 0 aliphatic heterocycles. The maximum atomic E-state index is 13.1. The summed E-state index contributed by atoms with van der Waals surface area (Å²) in [7, 11) is -3.95. The highest BCUT2D eigenvalue weighted by molar-refractivity contribution is 7.89. The molecule has 21 heavy (non-hydrogen) atoms. The van der Waals surface area contributed by atoms with Crippen LogP contribution in [0.2, 0.25) is 5.02 Å². The molecule has 0 bridgehead atoms. The van der Waals surface area contributed by atoms with Crippen LogP contribution in [0.3, 0.4) is 0 Å². The Morgan fingerprint density at radius 2 is 2.19 bits per heavy atom. The number of carboxylic acid groups (broad SMARTS) is 1. The molecule has 1 saturated carbocycles. The number of hydrogen-bond acceptors (Lipinski definition) is 3. The number of hydrogen-bond donors (Lipinski definition) is 2. The summed E-state index contributed by atoms with van der Waals surface area (Å²) in [6.45, 7) is 1.52. The zero-order chi connectivity index (χ0) is 15.8. The van der Waals surface area contributed by atoms with Crippen molar-refractivity contribution in [3.05, 3.63) is 29.0 Å². The summed E-state index contributed by atoms with van der Waals surface area (Å²) in [5.74, 6) is -1.75. The number of carboxylic acids is 1. The van der Waals surface area contributed by atoms with Crippen molar-refractivity contribution >= 4 is 27.6 Å². The SMILES string of the molecule is CC1(C(=O)O)CCCC1NS(=O)(=O)c1ccc(F)c(Cl)c1. The number of rotatable bonds is 4. The molecule has 1 fully saturated rings. The van der Waals surface area contributed by atoms with Crippen LogP contribution in [0.25, 0.3) is 0 Å². The van der Waals surface area contributed by atoms with Gasteiger partial charge in [-0.3, -0.25) is 4.79 Å². The van der Waals surface area contributed by atoms with E-state index < -0.39 is 33.3 Å². The molecule has 8 heteroatoms. The van der Waals surface area contributed by atoms with Crippen LogP contribution in [0.5, 0.6) is 0 Å². The lowest BCUT2D eigenvalue weighted by molar-refractivity contribution is -0.148. The van der Waals surface area contributed by atoms with Crippen molar-refractivity contribution in [2.24, 2.45) is 5.41 Å². The molecule has 0 saturated heterocycles. The molecule has 1 aliphatic carbocycles. The first kappa shape index (κ1) is 16.2. The van der Waals surface area contributed by atoms with E-state index in [4.69, 9.17) is 11.6 Å². The van der Waals surface area contributed by atoms with Gasteiger partial charge in [0.15, 0.2) is 0 Å². The van der Waals surface area contributed by atoms with E-state index in [1.807, 2.05) is 0 Å². The fourth-order valence-electron chi connectivity index (χ4n) is 2.51. The third-order valence-corrected chi connectivity index (χ3v) is 5.70. The number of carbonyl (C=O) groups is 1. The summed E-state index contributed by atoms with van der Waals surface area (Å²) in [6, 6.07) is 2.36. The first-order chi connectivity index (χ1) is 9.67. The molecule has 2 unspecified atom stereocenters. The van der Waals surface area contributed by atoms with Crippen molar-refractivity contribution in [3.8, 4) is 0 Å². The number of nitrogens with one attached hydrogen (secondary N) is 1. The molecule has 0 heterocycles. The molecule has 0 amide bonds. The minimum atomic E-state index is -3.95. The van der Waals surface area contributed by atoms with E-state index in [2.05, 4.69) is 4.72 Å². The minimum absolute atomic E-state index is 0.187. The van der Waals surface area contributed by atoms with Gasteiger partial charge in [0, 0.05) is 6.04 Å². The lowest BCUT2D eigenvalue weighted by Gasteiger charge is -2.27. The molecule has 1 aromatic rings. The van der Waals surface area contributed by atoms with Gasteiger partial charge in [-0.15, -0.1) is 0 Å². The molecule has 5 nitrogen and oxygen atoms in total. The van der Waals surface area contributed by atoms with E-state index in [-0.39, 0.29) is 9.92 Å². The van der Waals surface area contributed by atoms with E-state index in [0.29, 0.717) is 19.3 Å². The molecule has 116 valence electrons. The molecule has 2 rings (SSSR count). The second-order valence-electron chi connectivity index (χ2n) is 5.36. The van der Waals surface area contributed by atoms with E-state index in [0.717, 1.165) is 18.2 Å². The molecule has 1 aromatic carbocycles. The van der Waals surface area contributed by atoms with Gasteiger partial charge in [-0.1, -0.05) is 18.0 Å². The van der Waals surface area contributed by atoms with Crippen LogP contribution in [0.1, 0.15) is 26.2 Å². The second kappa shape index (κ2) is 5.55. The molecule has 0 radical (unpaired) electrons. The van der Waals surface area contributed by atoms with E-state index >= 15 is 0 Å². The highest BCUT2D eigenvalue weighted by Crippen LogP contribution is 2.39. The van der Waals surface area contributed by atoms with Crippen LogP contribution in [-0.4, -0.2) is 25.5 Å². The maximum Gasteiger partial charge on any atom is 0.310 e. The first-order valence-electron chi connectivity index (χ1n) is 6.37. The van der Waals surface area contributed by atoms with Gasteiger partial charge in [0.2, 0.25) is 10.0 Å². The Hall–Kier alpha value is -1.18. The van der Waals surface area contributed by atoms with Gasteiger partial charge in [0.1, 0.15) is 5.82 Å². The number of halogens is 2. The summed E-state index contributed by atoms with van der Waals surface area (Å²) in [6.07, 6.45) is 1.47. The number of benzene rings is 1. The number of sulfonamides is 1. The van der Waals surface area contributed by atoms with Crippen LogP contribution in [0, 0.1) is 11.2 Å². The van der Waals surface area contributed by atoms with Crippen molar-refractivity contribution in [2.45, 2.75) is 37.1 Å². The van der Waals surface area contributed by atoms with Gasteiger partial charge in [-0.05, 0) is 38.0 Å². The zero-order valence-corrected chi connectivity index (χ0v) is 12.8. The van der Waals surface area contributed by atoms with E-state index in [1.54, 1.807) is 0 Å². The van der Waals surface area contributed by atoms with Crippen LogP contribution in [0.4, 0.5) is 4.39 Å². The topological polar surface area (TPSA) is 83.5 Å². The zero-order valence-electron chi connectivity index (χ0n) is 11.3. The van der Waals surface area contributed by atoms with Crippen LogP contribution >= 0.6 is 11.6 Å². The molecule has 0 aromatic heterocycles. The Kier molecular flexibility index (Phi) is 4.28. The monoisotopic (exact) mass is 335 g/mol. The Balaban J connectivity index is 2.29. The standard InChI is InChI=1S/C13H15ClFNO4S/c1-13(12(17)18)6-2-3-11(13)16-21(19,20)8-4-5-10(15)9(14)7-8/h4-5,7,11,16H,2-3,6H2,1H3,(H,17,18). The van der Waals surface area contributed by atoms with Crippen molar-refractivity contribution in [1.29, 1.82) is 0 Å². The Morgan fingerprint density at radius 3 is 2.76 bits per heavy atom. The largest absolute Gasteiger partial charge is 0.481 e. The van der Waals surface area contributed by atoms with Crippen LogP contribution in [0.15, 0.2) is 23.1 Å². The van der Waals surface area contributed by atoms with Crippen molar-refractivity contribution < 1.29 is 22.7 Å². The first-order valence-corrected chi connectivity index (χ1v) is 8.24. The molecule has 0 spiro atoms. The van der Waals surface area contributed by atoms with E-state index in [9.17, 15) is 22.7 Å². The average Bonchev–Trinajstić information content (AvgIpc) is 2.75. The Bertz CT molecular complexity index is 679. The smallest absolute Gasteiger partial charge is 0.310 e. The third-order valence-electron chi connectivity index (χ3n) is 3.95. The minimum Gasteiger partial charge on any atom is -0.481 e. The van der Waals surface area contributed by atoms with E-state index in [1.165, 1.54) is 6.92 Å². The maximum absolute atomic E-state index is 13.1. The third kappa shape index (κ3) is 3.04. The fraction of sp³-hybridized carbons (Fsp3) is 0.462. The molecule has 1 aliphatic rings. The molecule has 2 atom stereocenters. The number of aliphatic carboxylic acids is 1. The average molecular weight is 336 g/mol. The lowest BCUT2D eigenvalue weighted by Crippen LogP contribution is -2.46. The molecular weight excluding hydrogens is 321 g/mol. The fourth-order valence-corrected chi connectivity index (χ4v) is 4.16. The van der Waals surface area contributed by atoms with Gasteiger partial charge in [0.25, 0.3) is 0 Å². The lowest BCUT2D eigenvalue weighted by atomic mass is 9.85. The van der Waals surface area contributed by atoms with Gasteiger partial charge in [-0.2, -0.15) is 0 Å². The van der Waals surface area contributed by atoms with Gasteiger partial charge < -0.3 is 5.11 Å². The second-order valence-corrected chi connectivity index (χ2v) is 7.49. The quantitative estimate of drug-likeness (QED) is 0.885. The summed E-state index contributed by atoms with van der Waals surface area (Å²) in [5.41, 5.74) is -1.14. The summed E-state index contributed by atoms with van der Waals surface area (Å²) in [5, 5.41) is 8.98. The highest BCUT2D eigenvalue weighted by atomic mass is 35.5. The van der Waals surface area contributed by atoms with Crippen LogP contribution < -0.4 is 4.72 Å². The van der Waals surface area contributed by atoms with Crippen molar-refractivity contribution in [2.75, 3.05) is 0 Å². The predicted octanol–water partition coefficient (Wildman–Crippen LogP) is 2.40. The van der Waals surface area contributed by atoms with Gasteiger partial charge >= 0.3 is 5.97 Å². The van der Waals surface area contributed by atoms with Crippen molar-refractivity contribution in [1.82, 2.24) is 4.72 Å². The predicted molar refractivity (Wildman–Crippen MR) is 75.1 cm³/mol. The summed E-state index contributed by atoms with van der Waals surface area (Å²) >= 11 is 5.58. The molecular formula is C13H15ClFNO4S. The van der Waals surface area contributed by atoms with Gasteiger partial charge in [-0.25, -0.2) is 17.5 Å². The normalized spacial score (nSPS) is 26.0. The summed E-state index contributed by atoms with van der Waals surface area (Å²) < 4.78 is 40.1. The van der Waals surface area contributed by atoms with Crippen LogP contribution in [-0.2, 0) is 14.8 Å². The Labute approximate surface area is 127 Å². The molecule has 2 N–H and O–H groups in total.